The van der Waals surface area contributed by atoms with Crippen molar-refractivity contribution in [1.82, 2.24) is 19.1 Å². The summed E-state index contributed by atoms with van der Waals surface area (Å²) in [4.78, 5) is 11.2. The van der Waals surface area contributed by atoms with Gasteiger partial charge in [0.2, 0.25) is 0 Å². The van der Waals surface area contributed by atoms with E-state index in [-0.39, 0.29) is 0 Å². The number of imidazole rings is 2. The fourth-order valence-electron chi connectivity index (χ4n) is 11.0. The summed E-state index contributed by atoms with van der Waals surface area (Å²) in [5, 5.41) is 28.6. The van der Waals surface area contributed by atoms with E-state index in [4.69, 9.17) is 9.97 Å². The summed E-state index contributed by atoms with van der Waals surface area (Å²) in [5.74, 6) is 0.799. The maximum Gasteiger partial charge on any atom is 0.174 e. The molecular weight excluding hydrogens is 857 g/mol. The molecule has 2 heterocycles. The van der Waals surface area contributed by atoms with Gasteiger partial charge in [-0.1, -0.05) is 218 Å². The lowest BCUT2D eigenvalue weighted by molar-refractivity contribution is 0.0641. The Hall–Kier alpha value is -8.94. The molecule has 0 spiro atoms. The van der Waals surface area contributed by atoms with E-state index in [1.807, 2.05) is 121 Å². The van der Waals surface area contributed by atoms with Crippen LogP contribution in [0.3, 0.4) is 0 Å². The van der Waals surface area contributed by atoms with Crippen LogP contribution in [-0.4, -0.2) is 29.3 Å². The van der Waals surface area contributed by atoms with Crippen molar-refractivity contribution in [2.24, 2.45) is 0 Å². The predicted octanol–water partition coefficient (Wildman–Crippen LogP) is 13.9. The topological polar surface area (TPSA) is 76.1 Å². The number of aliphatic hydroxyl groups is 2. The number of hydrogen-bond acceptors (Lipinski definition) is 4. The monoisotopic (exact) mass is 900 g/mol. The first-order chi connectivity index (χ1) is 34.5. The highest BCUT2D eigenvalue weighted by Gasteiger charge is 2.55. The van der Waals surface area contributed by atoms with Gasteiger partial charge in [-0.3, -0.25) is 9.13 Å². The van der Waals surface area contributed by atoms with Gasteiger partial charge in [-0.2, -0.15) is 0 Å². The van der Waals surface area contributed by atoms with Crippen LogP contribution in [0.5, 0.6) is 0 Å². The molecule has 0 bridgehead atoms. The molecule has 6 heteroatoms. The normalized spacial score (nSPS) is 16.3. The second kappa shape index (κ2) is 16.4. The number of para-hydroxylation sites is 4. The van der Waals surface area contributed by atoms with E-state index >= 15 is 0 Å². The largest absolute Gasteiger partial charge is 0.373 e. The fourth-order valence-corrected chi connectivity index (χ4v) is 11.0. The van der Waals surface area contributed by atoms with Gasteiger partial charge in [-0.05, 0) is 69.8 Å². The minimum Gasteiger partial charge on any atom is -0.373 e. The lowest BCUT2D eigenvalue weighted by Crippen LogP contribution is -2.46. The summed E-state index contributed by atoms with van der Waals surface area (Å²) in [7, 11) is 0. The first-order valence-corrected chi connectivity index (χ1v) is 23.6. The minimum absolute atomic E-state index is 0.400. The summed E-state index contributed by atoms with van der Waals surface area (Å²) >= 11 is 0. The predicted molar refractivity (Wildman–Crippen MR) is 281 cm³/mol. The van der Waals surface area contributed by atoms with Crippen molar-refractivity contribution in [3.63, 3.8) is 0 Å². The van der Waals surface area contributed by atoms with E-state index in [1.165, 1.54) is 0 Å². The average Bonchev–Trinajstić information content (AvgIpc) is 4.04. The fraction of sp³-hybridized carbons (Fsp3) is 0.0312. The van der Waals surface area contributed by atoms with Gasteiger partial charge in [0, 0.05) is 44.8 Å². The molecule has 10 aromatic carbocycles. The SMILES string of the molecule is OC1(c2nc3c(-c4ccccc4-c4ccccc4)cccc3n2-c2ccccc2)c2ccccc2C(O)(c2nc3c(-c4ccccc4-c4ccccc4)cccc3n2-c2ccccc2)c2ccccc21. The molecule has 332 valence electrons. The third kappa shape index (κ3) is 6.21. The van der Waals surface area contributed by atoms with Crippen LogP contribution < -0.4 is 0 Å². The standard InChI is InChI=1S/C64H44N4O2/c69-63(61-65-59-51(35-21-41-57(59)67(61)45-27-9-3-10-28-45)49-33-15-13-31-47(49)43-23-5-1-6-24-43)53-37-17-19-39-55(53)64(70,56-40-20-18-38-54(56)63)62-66-60-52(36-22-42-58(60)68(62)46-29-11-4-12-30-46)50-34-16-14-32-48(50)44-25-7-2-8-26-44/h1-42,69-70H. The third-order valence-electron chi connectivity index (χ3n) is 14.1. The van der Waals surface area contributed by atoms with Crippen LogP contribution in [-0.2, 0) is 11.2 Å². The zero-order valence-electron chi connectivity index (χ0n) is 37.9. The number of fused-ring (bicyclic) bond motifs is 4. The Balaban J connectivity index is 1.09. The number of benzene rings is 10. The van der Waals surface area contributed by atoms with Gasteiger partial charge < -0.3 is 10.2 Å². The third-order valence-corrected chi connectivity index (χ3v) is 14.1. The van der Waals surface area contributed by atoms with Gasteiger partial charge >= 0.3 is 0 Å². The highest BCUT2D eigenvalue weighted by atomic mass is 16.3. The van der Waals surface area contributed by atoms with E-state index in [9.17, 15) is 10.2 Å². The molecule has 0 unspecified atom stereocenters. The summed E-state index contributed by atoms with van der Waals surface area (Å²) in [6, 6.07) is 85.7. The Kier molecular flexibility index (Phi) is 9.66. The van der Waals surface area contributed by atoms with Gasteiger partial charge in [0.1, 0.15) is 0 Å². The molecule has 13 rings (SSSR count). The van der Waals surface area contributed by atoms with E-state index in [0.29, 0.717) is 33.9 Å². The molecule has 1 aliphatic carbocycles. The lowest BCUT2D eigenvalue weighted by atomic mass is 9.66. The summed E-state index contributed by atoms with van der Waals surface area (Å²) in [5.41, 5.74) is 11.3. The Labute approximate surface area is 405 Å². The van der Waals surface area contributed by atoms with Crippen LogP contribution in [0.15, 0.2) is 255 Å². The zero-order chi connectivity index (χ0) is 46.8. The van der Waals surface area contributed by atoms with Gasteiger partial charge in [0.05, 0.1) is 22.1 Å². The maximum absolute atomic E-state index is 14.3. The van der Waals surface area contributed by atoms with Gasteiger partial charge in [-0.25, -0.2) is 9.97 Å². The molecule has 0 fully saturated rings. The second-order valence-corrected chi connectivity index (χ2v) is 17.9. The second-order valence-electron chi connectivity index (χ2n) is 17.9. The van der Waals surface area contributed by atoms with Gasteiger partial charge in [-0.15, -0.1) is 0 Å². The Morgan fingerprint density at radius 2 is 0.557 bits per heavy atom. The van der Waals surface area contributed by atoms with Crippen molar-refractivity contribution in [3.8, 4) is 55.9 Å². The highest BCUT2D eigenvalue weighted by Crippen LogP contribution is 2.55. The van der Waals surface area contributed by atoms with E-state index in [0.717, 1.165) is 77.9 Å². The van der Waals surface area contributed by atoms with Crippen LogP contribution in [0.4, 0.5) is 0 Å². The molecule has 1 aliphatic rings. The van der Waals surface area contributed by atoms with Gasteiger partial charge in [0.15, 0.2) is 22.9 Å². The number of nitrogens with zero attached hydrogens (tertiary/aromatic N) is 4. The molecule has 0 atom stereocenters. The van der Waals surface area contributed by atoms with E-state index in [2.05, 4.69) is 143 Å². The van der Waals surface area contributed by atoms with Crippen molar-refractivity contribution < 1.29 is 10.2 Å². The minimum atomic E-state index is -1.88. The first kappa shape index (κ1) is 41.3. The van der Waals surface area contributed by atoms with Crippen molar-refractivity contribution in [2.45, 2.75) is 11.2 Å². The van der Waals surface area contributed by atoms with Crippen molar-refractivity contribution in [1.29, 1.82) is 0 Å². The molecule has 6 nitrogen and oxygen atoms in total. The highest BCUT2D eigenvalue weighted by molar-refractivity contribution is 6.00. The van der Waals surface area contributed by atoms with Crippen LogP contribution in [0.1, 0.15) is 33.9 Å². The molecule has 0 radical (unpaired) electrons. The molecule has 0 aliphatic heterocycles. The summed E-state index contributed by atoms with van der Waals surface area (Å²) in [6.07, 6.45) is 0. The van der Waals surface area contributed by atoms with Crippen LogP contribution >= 0.6 is 0 Å². The molecule has 0 amide bonds. The molecule has 70 heavy (non-hydrogen) atoms. The quantitative estimate of drug-likeness (QED) is 0.159. The number of aromatic nitrogens is 4. The number of rotatable bonds is 8. The molecule has 2 N–H and O–H groups in total. The van der Waals surface area contributed by atoms with Crippen molar-refractivity contribution in [2.75, 3.05) is 0 Å². The Morgan fingerprint density at radius 1 is 0.271 bits per heavy atom. The van der Waals surface area contributed by atoms with Gasteiger partial charge in [0.25, 0.3) is 0 Å². The maximum atomic E-state index is 14.3. The summed E-state index contributed by atoms with van der Waals surface area (Å²) < 4.78 is 4.16. The summed E-state index contributed by atoms with van der Waals surface area (Å²) in [6.45, 7) is 0. The molecule has 2 aromatic heterocycles. The molecule has 0 saturated heterocycles. The molecule has 0 saturated carbocycles. The first-order valence-electron chi connectivity index (χ1n) is 23.6. The van der Waals surface area contributed by atoms with Crippen molar-refractivity contribution >= 4 is 22.1 Å². The van der Waals surface area contributed by atoms with Crippen LogP contribution in [0.2, 0.25) is 0 Å². The van der Waals surface area contributed by atoms with E-state index < -0.39 is 11.2 Å². The van der Waals surface area contributed by atoms with Crippen LogP contribution in [0, 0.1) is 0 Å². The van der Waals surface area contributed by atoms with Crippen LogP contribution in [0.25, 0.3) is 77.9 Å². The number of hydrogen-bond donors (Lipinski definition) is 2. The lowest BCUT2D eigenvalue weighted by Gasteiger charge is -2.44. The van der Waals surface area contributed by atoms with E-state index in [1.54, 1.807) is 0 Å². The molecule has 12 aromatic rings. The average molecular weight is 901 g/mol. The smallest absolute Gasteiger partial charge is 0.174 e. The van der Waals surface area contributed by atoms with Crippen molar-refractivity contribution in [3.05, 3.63) is 289 Å². The Morgan fingerprint density at radius 3 is 0.914 bits per heavy atom. The Bertz CT molecular complexity index is 3610. The zero-order valence-corrected chi connectivity index (χ0v) is 37.9. The molecular formula is C64H44N4O2.